The summed E-state index contributed by atoms with van der Waals surface area (Å²) < 4.78 is 1.49. The SMILES string of the molecule is O=C(NCCn1cnc(C2CC2)cc1=O)Nc1ccccc1Cl. The zero-order chi connectivity index (χ0) is 16.2. The molecule has 0 bridgehead atoms. The second kappa shape index (κ2) is 6.83. The van der Waals surface area contributed by atoms with Gasteiger partial charge in [-0.05, 0) is 25.0 Å². The molecule has 2 amide bonds. The van der Waals surface area contributed by atoms with Crippen molar-refractivity contribution < 1.29 is 4.79 Å². The molecule has 1 aromatic heterocycles. The van der Waals surface area contributed by atoms with Gasteiger partial charge in [-0.2, -0.15) is 0 Å². The Kier molecular flexibility index (Phi) is 4.62. The highest BCUT2D eigenvalue weighted by atomic mass is 35.5. The van der Waals surface area contributed by atoms with E-state index in [9.17, 15) is 9.59 Å². The number of carbonyl (C=O) groups is 1. The first-order chi connectivity index (χ1) is 11.1. The lowest BCUT2D eigenvalue weighted by Gasteiger charge is -2.10. The second-order valence-electron chi connectivity index (χ2n) is 5.48. The Morgan fingerprint density at radius 1 is 1.35 bits per heavy atom. The fourth-order valence-electron chi connectivity index (χ4n) is 2.23. The van der Waals surface area contributed by atoms with Crippen LogP contribution in [0, 0.1) is 0 Å². The summed E-state index contributed by atoms with van der Waals surface area (Å²) in [5.41, 5.74) is 1.32. The van der Waals surface area contributed by atoms with Gasteiger partial charge in [0.05, 0.1) is 22.7 Å². The molecule has 6 nitrogen and oxygen atoms in total. The average Bonchev–Trinajstić information content (AvgIpc) is 3.36. The third-order valence-corrected chi connectivity index (χ3v) is 3.99. The van der Waals surface area contributed by atoms with Crippen molar-refractivity contribution in [3.8, 4) is 0 Å². The number of anilines is 1. The lowest BCUT2D eigenvalue weighted by molar-refractivity contribution is 0.251. The molecule has 1 saturated carbocycles. The number of nitrogens with one attached hydrogen (secondary N) is 2. The van der Waals surface area contributed by atoms with Crippen molar-refractivity contribution in [3.05, 3.63) is 57.7 Å². The van der Waals surface area contributed by atoms with Crippen LogP contribution in [0.3, 0.4) is 0 Å². The number of aromatic nitrogens is 2. The van der Waals surface area contributed by atoms with Gasteiger partial charge in [-0.1, -0.05) is 23.7 Å². The molecule has 0 saturated heterocycles. The van der Waals surface area contributed by atoms with Gasteiger partial charge in [0.1, 0.15) is 0 Å². The summed E-state index contributed by atoms with van der Waals surface area (Å²) in [6.07, 6.45) is 3.77. The minimum atomic E-state index is -0.367. The number of hydrogen-bond acceptors (Lipinski definition) is 3. The summed E-state index contributed by atoms with van der Waals surface area (Å²) >= 11 is 5.97. The van der Waals surface area contributed by atoms with E-state index >= 15 is 0 Å². The standard InChI is InChI=1S/C16H17ClN4O2/c17-12-3-1-2-4-13(12)20-16(23)18-7-8-21-10-19-14(9-15(21)22)11-5-6-11/h1-4,9-11H,5-8H2,(H2,18,20,23). The molecule has 3 rings (SSSR count). The summed E-state index contributed by atoms with van der Waals surface area (Å²) in [7, 11) is 0. The van der Waals surface area contributed by atoms with Crippen LogP contribution >= 0.6 is 11.6 Å². The van der Waals surface area contributed by atoms with E-state index < -0.39 is 0 Å². The van der Waals surface area contributed by atoms with Gasteiger partial charge >= 0.3 is 6.03 Å². The van der Waals surface area contributed by atoms with Gasteiger partial charge in [0, 0.05) is 25.1 Å². The third-order valence-electron chi connectivity index (χ3n) is 3.66. The first kappa shape index (κ1) is 15.6. The van der Waals surface area contributed by atoms with Crippen LogP contribution in [0.25, 0.3) is 0 Å². The molecule has 2 aromatic rings. The van der Waals surface area contributed by atoms with E-state index in [1.165, 1.54) is 4.57 Å². The van der Waals surface area contributed by atoms with Gasteiger partial charge in [-0.3, -0.25) is 9.36 Å². The van der Waals surface area contributed by atoms with Gasteiger partial charge in [0.2, 0.25) is 0 Å². The van der Waals surface area contributed by atoms with E-state index in [0.717, 1.165) is 18.5 Å². The molecule has 0 radical (unpaired) electrons. The molecular formula is C16H17ClN4O2. The van der Waals surface area contributed by atoms with Crippen molar-refractivity contribution in [2.75, 3.05) is 11.9 Å². The second-order valence-corrected chi connectivity index (χ2v) is 5.89. The van der Waals surface area contributed by atoms with E-state index in [1.807, 2.05) is 0 Å². The van der Waals surface area contributed by atoms with E-state index in [1.54, 1.807) is 36.7 Å². The molecule has 0 atom stereocenters. The first-order valence-electron chi connectivity index (χ1n) is 7.49. The number of urea groups is 1. The molecule has 0 unspecified atom stereocenters. The average molecular weight is 333 g/mol. The van der Waals surface area contributed by atoms with Gasteiger partial charge in [-0.25, -0.2) is 9.78 Å². The molecule has 1 heterocycles. The maximum atomic E-state index is 12.0. The fraction of sp³-hybridized carbons (Fsp3) is 0.312. The largest absolute Gasteiger partial charge is 0.336 e. The summed E-state index contributed by atoms with van der Waals surface area (Å²) in [5.74, 6) is 0.455. The van der Waals surface area contributed by atoms with E-state index in [0.29, 0.717) is 29.7 Å². The van der Waals surface area contributed by atoms with Crippen molar-refractivity contribution in [1.82, 2.24) is 14.9 Å². The topological polar surface area (TPSA) is 76.0 Å². The van der Waals surface area contributed by atoms with Crippen LogP contribution in [0.4, 0.5) is 10.5 Å². The van der Waals surface area contributed by atoms with E-state index in [4.69, 9.17) is 11.6 Å². The Balaban J connectivity index is 1.50. The van der Waals surface area contributed by atoms with Gasteiger partial charge in [-0.15, -0.1) is 0 Å². The van der Waals surface area contributed by atoms with Crippen LogP contribution in [0.1, 0.15) is 24.5 Å². The lowest BCUT2D eigenvalue weighted by atomic mass is 10.3. The molecule has 0 aliphatic heterocycles. The molecule has 0 spiro atoms. The van der Waals surface area contributed by atoms with Gasteiger partial charge in [0.25, 0.3) is 5.56 Å². The number of nitrogens with zero attached hydrogens (tertiary/aromatic N) is 2. The zero-order valence-electron chi connectivity index (χ0n) is 12.5. The molecular weight excluding hydrogens is 316 g/mol. The van der Waals surface area contributed by atoms with Crippen molar-refractivity contribution >= 4 is 23.3 Å². The first-order valence-corrected chi connectivity index (χ1v) is 7.87. The smallest absolute Gasteiger partial charge is 0.319 e. The Bertz CT molecular complexity index is 771. The summed E-state index contributed by atoms with van der Waals surface area (Å²) in [4.78, 5) is 28.1. The molecule has 120 valence electrons. The van der Waals surface area contributed by atoms with Crippen molar-refractivity contribution in [2.24, 2.45) is 0 Å². The number of benzene rings is 1. The molecule has 2 N–H and O–H groups in total. The predicted molar refractivity (Wildman–Crippen MR) is 88.9 cm³/mol. The van der Waals surface area contributed by atoms with Crippen molar-refractivity contribution in [2.45, 2.75) is 25.3 Å². The van der Waals surface area contributed by atoms with Crippen molar-refractivity contribution in [1.29, 1.82) is 0 Å². The number of amides is 2. The number of rotatable bonds is 5. The number of para-hydroxylation sites is 1. The number of hydrogen-bond donors (Lipinski definition) is 2. The number of carbonyl (C=O) groups excluding carboxylic acids is 1. The Labute approximate surface area is 138 Å². The predicted octanol–water partition coefficient (Wildman–Crippen LogP) is 2.60. The van der Waals surface area contributed by atoms with Crippen LogP contribution in [-0.2, 0) is 6.54 Å². The maximum Gasteiger partial charge on any atom is 0.319 e. The molecule has 1 aromatic carbocycles. The van der Waals surface area contributed by atoms with E-state index in [2.05, 4.69) is 15.6 Å². The highest BCUT2D eigenvalue weighted by molar-refractivity contribution is 6.33. The molecule has 1 aliphatic rings. The third kappa shape index (κ3) is 4.10. The normalized spacial score (nSPS) is 13.6. The van der Waals surface area contributed by atoms with E-state index in [-0.39, 0.29) is 11.6 Å². The van der Waals surface area contributed by atoms with Crippen molar-refractivity contribution in [3.63, 3.8) is 0 Å². The summed E-state index contributed by atoms with van der Waals surface area (Å²) in [6, 6.07) is 8.20. The van der Waals surface area contributed by atoms with Gasteiger partial charge < -0.3 is 10.6 Å². The summed E-state index contributed by atoms with van der Waals surface area (Å²) in [6.45, 7) is 0.688. The quantitative estimate of drug-likeness (QED) is 0.883. The molecule has 1 fully saturated rings. The molecule has 7 heteroatoms. The zero-order valence-corrected chi connectivity index (χ0v) is 13.2. The maximum absolute atomic E-state index is 12.0. The minimum Gasteiger partial charge on any atom is -0.336 e. The van der Waals surface area contributed by atoms with Crippen LogP contribution in [0.15, 0.2) is 41.5 Å². The minimum absolute atomic E-state index is 0.0878. The Morgan fingerprint density at radius 3 is 2.83 bits per heavy atom. The van der Waals surface area contributed by atoms with Crippen LogP contribution in [0.5, 0.6) is 0 Å². The molecule has 23 heavy (non-hydrogen) atoms. The molecule has 1 aliphatic carbocycles. The highest BCUT2D eigenvalue weighted by Crippen LogP contribution is 2.38. The fourth-order valence-corrected chi connectivity index (χ4v) is 2.41. The summed E-state index contributed by atoms with van der Waals surface area (Å²) in [5, 5.41) is 5.82. The van der Waals surface area contributed by atoms with Crippen LogP contribution in [-0.4, -0.2) is 22.1 Å². The lowest BCUT2D eigenvalue weighted by Crippen LogP contribution is -2.33. The number of halogens is 1. The van der Waals surface area contributed by atoms with Crippen LogP contribution in [0.2, 0.25) is 5.02 Å². The monoisotopic (exact) mass is 332 g/mol. The van der Waals surface area contributed by atoms with Gasteiger partial charge in [0.15, 0.2) is 0 Å². The van der Waals surface area contributed by atoms with Crippen LogP contribution < -0.4 is 16.2 Å². The highest BCUT2D eigenvalue weighted by Gasteiger charge is 2.25. The Hall–Kier alpha value is -2.34. The Morgan fingerprint density at radius 2 is 2.13 bits per heavy atom.